The lowest BCUT2D eigenvalue weighted by molar-refractivity contribution is 1.51. The third-order valence-corrected chi connectivity index (χ3v) is 7.50. The standard InChI is InChI=1S/C12H22SSi2/c1-14(2,3)10-8-7-9-11(12(10)13)15(4,5)6/h7-9,13H,1-6H3/p-1. The van der Waals surface area contributed by atoms with Crippen molar-refractivity contribution >= 4 is 39.1 Å². The van der Waals surface area contributed by atoms with Gasteiger partial charge in [0, 0.05) is 0 Å². The number of hydrogen-bond donors (Lipinski definition) is 0. The van der Waals surface area contributed by atoms with Crippen molar-refractivity contribution in [3.05, 3.63) is 18.2 Å². The predicted octanol–water partition coefficient (Wildman–Crippen LogP) is 2.68. The third-order valence-electron chi connectivity index (χ3n) is 2.63. The van der Waals surface area contributed by atoms with E-state index < -0.39 is 16.1 Å². The summed E-state index contributed by atoms with van der Waals surface area (Å²) in [5.74, 6) is 0. The molecule has 0 N–H and O–H groups in total. The van der Waals surface area contributed by atoms with E-state index in [-0.39, 0.29) is 0 Å². The van der Waals surface area contributed by atoms with Gasteiger partial charge in [-0.3, -0.25) is 0 Å². The molecule has 0 fully saturated rings. The van der Waals surface area contributed by atoms with Gasteiger partial charge in [-0.15, -0.1) is 0 Å². The molecule has 0 saturated carbocycles. The molecule has 15 heavy (non-hydrogen) atoms. The van der Waals surface area contributed by atoms with Gasteiger partial charge in [-0.25, -0.2) is 0 Å². The highest BCUT2D eigenvalue weighted by molar-refractivity contribution is 7.59. The summed E-state index contributed by atoms with van der Waals surface area (Å²) in [5.41, 5.74) is 0. The van der Waals surface area contributed by atoms with Crippen LogP contribution in [0.2, 0.25) is 39.3 Å². The minimum absolute atomic E-state index is 1.16. The minimum Gasteiger partial charge on any atom is -0.780 e. The first-order valence-electron chi connectivity index (χ1n) is 5.45. The van der Waals surface area contributed by atoms with Crippen molar-refractivity contribution in [1.82, 2.24) is 0 Å². The highest BCUT2D eigenvalue weighted by Gasteiger charge is 2.21. The van der Waals surface area contributed by atoms with E-state index in [0.717, 1.165) is 4.90 Å². The molecule has 0 nitrogen and oxygen atoms in total. The van der Waals surface area contributed by atoms with Crippen LogP contribution in [0.25, 0.3) is 0 Å². The van der Waals surface area contributed by atoms with Gasteiger partial charge in [0.2, 0.25) is 0 Å². The fraction of sp³-hybridized carbons (Fsp3) is 0.500. The maximum Gasteiger partial charge on any atom is 0.0756 e. The zero-order valence-electron chi connectivity index (χ0n) is 10.6. The summed E-state index contributed by atoms with van der Waals surface area (Å²) < 4.78 is 0. The quantitative estimate of drug-likeness (QED) is 0.577. The maximum absolute atomic E-state index is 5.66. The second-order valence-corrected chi connectivity index (χ2v) is 16.7. The molecule has 0 aliphatic rings. The first-order valence-corrected chi connectivity index (χ1v) is 12.9. The molecule has 0 aliphatic carbocycles. The van der Waals surface area contributed by atoms with Crippen LogP contribution >= 0.6 is 0 Å². The Balaban J connectivity index is 3.37. The van der Waals surface area contributed by atoms with Crippen LogP contribution in [0.3, 0.4) is 0 Å². The van der Waals surface area contributed by atoms with Gasteiger partial charge in [0.1, 0.15) is 0 Å². The topological polar surface area (TPSA) is 0 Å². The van der Waals surface area contributed by atoms with E-state index in [0.29, 0.717) is 0 Å². The van der Waals surface area contributed by atoms with Crippen molar-refractivity contribution in [2.45, 2.75) is 44.2 Å². The Bertz CT molecular complexity index is 327. The fourth-order valence-corrected chi connectivity index (χ4v) is 6.64. The van der Waals surface area contributed by atoms with Crippen LogP contribution in [0, 0.1) is 0 Å². The summed E-state index contributed by atoms with van der Waals surface area (Å²) in [6.07, 6.45) is 0. The summed E-state index contributed by atoms with van der Waals surface area (Å²) in [4.78, 5) is 1.16. The van der Waals surface area contributed by atoms with Crippen LogP contribution in [0.15, 0.2) is 23.1 Å². The van der Waals surface area contributed by atoms with E-state index >= 15 is 0 Å². The Hall–Kier alpha value is -0.126. The second-order valence-electron chi connectivity index (χ2n) is 6.18. The number of benzene rings is 1. The van der Waals surface area contributed by atoms with Gasteiger partial charge in [-0.05, 0) is 0 Å². The van der Waals surface area contributed by atoms with Gasteiger partial charge in [0.15, 0.2) is 0 Å². The molecule has 1 aromatic rings. The molecule has 0 amide bonds. The lowest BCUT2D eigenvalue weighted by atomic mass is 10.3. The summed E-state index contributed by atoms with van der Waals surface area (Å²) in [5, 5.41) is 2.91. The smallest absolute Gasteiger partial charge is 0.0756 e. The molecule has 3 heteroatoms. The lowest BCUT2D eigenvalue weighted by Crippen LogP contribution is -2.47. The summed E-state index contributed by atoms with van der Waals surface area (Å²) in [7, 11) is -2.54. The molecule has 0 aromatic heterocycles. The molecule has 1 rings (SSSR count). The zero-order valence-corrected chi connectivity index (χ0v) is 13.5. The molecule has 0 saturated heterocycles. The minimum atomic E-state index is -1.27. The normalized spacial score (nSPS) is 12.9. The highest BCUT2D eigenvalue weighted by atomic mass is 32.1. The van der Waals surface area contributed by atoms with E-state index in [9.17, 15) is 0 Å². The van der Waals surface area contributed by atoms with Gasteiger partial charge < -0.3 is 12.6 Å². The van der Waals surface area contributed by atoms with Crippen molar-refractivity contribution in [2.24, 2.45) is 0 Å². The largest absolute Gasteiger partial charge is 0.780 e. The first-order chi connectivity index (χ1) is 6.64. The molecule has 0 heterocycles. The average Bonchev–Trinajstić information content (AvgIpc) is 1.99. The van der Waals surface area contributed by atoms with Gasteiger partial charge in [-0.2, -0.15) is 4.90 Å². The molecule has 0 spiro atoms. The Morgan fingerprint density at radius 1 is 0.800 bits per heavy atom. The Morgan fingerprint density at radius 3 is 1.40 bits per heavy atom. The predicted molar refractivity (Wildman–Crippen MR) is 78.0 cm³/mol. The first kappa shape index (κ1) is 12.9. The van der Waals surface area contributed by atoms with Gasteiger partial charge in [0.05, 0.1) is 16.1 Å². The van der Waals surface area contributed by atoms with Crippen molar-refractivity contribution in [2.75, 3.05) is 0 Å². The lowest BCUT2D eigenvalue weighted by Gasteiger charge is -2.32. The summed E-state index contributed by atoms with van der Waals surface area (Å²) >= 11 is 5.66. The third kappa shape index (κ3) is 2.92. The van der Waals surface area contributed by atoms with Crippen molar-refractivity contribution in [1.29, 1.82) is 0 Å². The molecule has 0 radical (unpaired) electrons. The molecule has 0 atom stereocenters. The maximum atomic E-state index is 5.66. The van der Waals surface area contributed by atoms with Crippen LogP contribution in [0.5, 0.6) is 0 Å². The molecule has 0 unspecified atom stereocenters. The molecular formula is C12H21SSi2-. The summed E-state index contributed by atoms with van der Waals surface area (Å²) in [6, 6.07) is 6.66. The van der Waals surface area contributed by atoms with Gasteiger partial charge >= 0.3 is 0 Å². The number of rotatable bonds is 2. The van der Waals surface area contributed by atoms with Crippen molar-refractivity contribution in [3.8, 4) is 0 Å². The van der Waals surface area contributed by atoms with E-state index in [1.807, 2.05) is 0 Å². The Morgan fingerprint density at radius 2 is 1.13 bits per heavy atom. The van der Waals surface area contributed by atoms with Gasteiger partial charge in [-0.1, -0.05) is 67.9 Å². The molecule has 1 aromatic carbocycles. The van der Waals surface area contributed by atoms with Crippen LogP contribution in [0.4, 0.5) is 0 Å². The van der Waals surface area contributed by atoms with Crippen molar-refractivity contribution in [3.63, 3.8) is 0 Å². The van der Waals surface area contributed by atoms with E-state index in [1.54, 1.807) is 0 Å². The van der Waals surface area contributed by atoms with Crippen LogP contribution in [0.1, 0.15) is 0 Å². The van der Waals surface area contributed by atoms with E-state index in [4.69, 9.17) is 12.6 Å². The van der Waals surface area contributed by atoms with E-state index in [2.05, 4.69) is 57.5 Å². The average molecular weight is 254 g/mol. The zero-order chi connectivity index (χ0) is 11.9. The number of hydrogen-bond acceptors (Lipinski definition) is 1. The SMILES string of the molecule is C[Si](C)(C)c1cccc([Si](C)(C)C)c1[S-]. The van der Waals surface area contributed by atoms with Crippen LogP contribution < -0.4 is 10.4 Å². The van der Waals surface area contributed by atoms with E-state index in [1.165, 1.54) is 10.4 Å². The molecule has 0 aliphatic heterocycles. The molecule has 84 valence electrons. The Labute approximate surface area is 102 Å². The van der Waals surface area contributed by atoms with Crippen LogP contribution in [-0.2, 0) is 12.6 Å². The monoisotopic (exact) mass is 253 g/mol. The Kier molecular flexibility index (Phi) is 3.48. The highest BCUT2D eigenvalue weighted by Crippen LogP contribution is 2.10. The van der Waals surface area contributed by atoms with Crippen molar-refractivity contribution < 1.29 is 0 Å². The summed E-state index contributed by atoms with van der Waals surface area (Å²) in [6.45, 7) is 14.2. The van der Waals surface area contributed by atoms with Crippen LogP contribution in [-0.4, -0.2) is 16.1 Å². The second kappa shape index (κ2) is 4.03. The van der Waals surface area contributed by atoms with Gasteiger partial charge in [0.25, 0.3) is 0 Å². The fourth-order valence-electron chi connectivity index (χ4n) is 1.72. The molecule has 0 bridgehead atoms. The molecular weight excluding hydrogens is 232 g/mol.